The summed E-state index contributed by atoms with van der Waals surface area (Å²) in [6.45, 7) is 2.82. The SMILES string of the molecule is Cc1nc2c(n1Cc1ccc(F)c(Br)c1)CCCC2. The van der Waals surface area contributed by atoms with Gasteiger partial charge in [0.2, 0.25) is 0 Å². The van der Waals surface area contributed by atoms with Gasteiger partial charge in [-0.25, -0.2) is 9.37 Å². The van der Waals surface area contributed by atoms with Gasteiger partial charge in [-0.05, 0) is 66.2 Å². The molecule has 1 aromatic heterocycles. The summed E-state index contributed by atoms with van der Waals surface area (Å²) in [7, 11) is 0. The lowest BCUT2D eigenvalue weighted by Gasteiger charge is -2.15. The van der Waals surface area contributed by atoms with Crippen LogP contribution in [0.2, 0.25) is 0 Å². The lowest BCUT2D eigenvalue weighted by molar-refractivity contribution is 0.613. The summed E-state index contributed by atoms with van der Waals surface area (Å²) in [5, 5.41) is 0. The number of aryl methyl sites for hydroxylation is 2. The first kappa shape index (κ1) is 12.9. The molecule has 0 unspecified atom stereocenters. The zero-order valence-corrected chi connectivity index (χ0v) is 12.5. The van der Waals surface area contributed by atoms with Gasteiger partial charge in [-0.3, -0.25) is 0 Å². The second-order valence-corrected chi connectivity index (χ2v) is 5.95. The molecule has 1 heterocycles. The Morgan fingerprint density at radius 3 is 2.89 bits per heavy atom. The zero-order valence-electron chi connectivity index (χ0n) is 10.9. The maximum Gasteiger partial charge on any atom is 0.137 e. The molecule has 0 aliphatic heterocycles. The summed E-state index contributed by atoms with van der Waals surface area (Å²) >= 11 is 3.24. The van der Waals surface area contributed by atoms with E-state index in [1.54, 1.807) is 0 Å². The molecule has 0 spiro atoms. The minimum atomic E-state index is -0.215. The van der Waals surface area contributed by atoms with Crippen LogP contribution in [0.25, 0.3) is 0 Å². The molecule has 0 atom stereocenters. The summed E-state index contributed by atoms with van der Waals surface area (Å²) in [5.74, 6) is 0.848. The number of hydrogen-bond acceptors (Lipinski definition) is 1. The van der Waals surface area contributed by atoms with E-state index in [0.717, 1.165) is 30.8 Å². The van der Waals surface area contributed by atoms with Crippen molar-refractivity contribution >= 4 is 15.9 Å². The van der Waals surface area contributed by atoms with Crippen molar-refractivity contribution in [3.05, 3.63) is 51.3 Å². The Hall–Kier alpha value is -1.16. The van der Waals surface area contributed by atoms with E-state index >= 15 is 0 Å². The molecule has 0 fully saturated rings. The highest BCUT2D eigenvalue weighted by Gasteiger charge is 2.18. The number of rotatable bonds is 2. The van der Waals surface area contributed by atoms with Crippen LogP contribution in [0, 0.1) is 12.7 Å². The van der Waals surface area contributed by atoms with Crippen molar-refractivity contribution in [2.75, 3.05) is 0 Å². The first-order valence-corrected chi connectivity index (χ1v) is 7.43. The topological polar surface area (TPSA) is 17.8 Å². The molecule has 1 aromatic carbocycles. The van der Waals surface area contributed by atoms with E-state index in [1.165, 1.54) is 30.3 Å². The van der Waals surface area contributed by atoms with Crippen LogP contribution in [0.5, 0.6) is 0 Å². The third-order valence-electron chi connectivity index (χ3n) is 3.75. The van der Waals surface area contributed by atoms with E-state index in [0.29, 0.717) is 4.47 Å². The van der Waals surface area contributed by atoms with Crippen LogP contribution in [0.4, 0.5) is 4.39 Å². The van der Waals surface area contributed by atoms with Crippen LogP contribution >= 0.6 is 15.9 Å². The van der Waals surface area contributed by atoms with Crippen LogP contribution < -0.4 is 0 Å². The summed E-state index contributed by atoms with van der Waals surface area (Å²) in [6, 6.07) is 5.21. The Balaban J connectivity index is 1.94. The number of halogens is 2. The van der Waals surface area contributed by atoms with Gasteiger partial charge >= 0.3 is 0 Å². The maximum absolute atomic E-state index is 13.3. The van der Waals surface area contributed by atoms with Gasteiger partial charge in [0.1, 0.15) is 11.6 Å². The molecule has 0 amide bonds. The van der Waals surface area contributed by atoms with E-state index < -0.39 is 0 Å². The van der Waals surface area contributed by atoms with Crippen LogP contribution in [-0.2, 0) is 19.4 Å². The second kappa shape index (κ2) is 5.08. The largest absolute Gasteiger partial charge is 0.328 e. The van der Waals surface area contributed by atoms with E-state index in [9.17, 15) is 4.39 Å². The average molecular weight is 323 g/mol. The molecule has 0 N–H and O–H groups in total. The number of imidazole rings is 1. The van der Waals surface area contributed by atoms with Gasteiger partial charge in [-0.1, -0.05) is 6.07 Å². The number of aromatic nitrogens is 2. The fourth-order valence-electron chi connectivity index (χ4n) is 2.77. The van der Waals surface area contributed by atoms with Crippen molar-refractivity contribution in [1.29, 1.82) is 0 Å². The molecule has 0 saturated heterocycles. The maximum atomic E-state index is 13.3. The highest BCUT2D eigenvalue weighted by atomic mass is 79.9. The molecule has 2 aromatic rings. The number of benzene rings is 1. The van der Waals surface area contributed by atoms with Gasteiger partial charge in [0.05, 0.1) is 10.2 Å². The minimum Gasteiger partial charge on any atom is -0.328 e. The smallest absolute Gasteiger partial charge is 0.137 e. The van der Waals surface area contributed by atoms with Crippen molar-refractivity contribution in [1.82, 2.24) is 9.55 Å². The molecule has 1 aliphatic carbocycles. The molecule has 1 aliphatic rings. The highest BCUT2D eigenvalue weighted by Crippen LogP contribution is 2.24. The lowest BCUT2D eigenvalue weighted by Crippen LogP contribution is -2.10. The van der Waals surface area contributed by atoms with Gasteiger partial charge in [-0.15, -0.1) is 0 Å². The normalized spacial score (nSPS) is 14.5. The fraction of sp³-hybridized carbons (Fsp3) is 0.400. The summed E-state index contributed by atoms with van der Waals surface area (Å²) in [5.41, 5.74) is 3.72. The van der Waals surface area contributed by atoms with E-state index in [1.807, 2.05) is 12.1 Å². The van der Waals surface area contributed by atoms with E-state index in [2.05, 4.69) is 32.4 Å². The molecule has 2 nitrogen and oxygen atoms in total. The van der Waals surface area contributed by atoms with Crippen molar-refractivity contribution < 1.29 is 4.39 Å². The van der Waals surface area contributed by atoms with Crippen molar-refractivity contribution in [3.8, 4) is 0 Å². The van der Waals surface area contributed by atoms with E-state index in [-0.39, 0.29) is 5.82 Å². The molecule has 0 bridgehead atoms. The van der Waals surface area contributed by atoms with Crippen LogP contribution in [0.3, 0.4) is 0 Å². The molecule has 3 rings (SSSR count). The minimum absolute atomic E-state index is 0.215. The summed E-state index contributed by atoms with van der Waals surface area (Å²) in [6.07, 6.45) is 4.69. The standard InChI is InChI=1S/C15H16BrFN2/c1-10-18-14-4-2-3-5-15(14)19(10)9-11-6-7-13(17)12(16)8-11/h6-8H,2-5,9H2,1H3. The second-order valence-electron chi connectivity index (χ2n) is 5.09. The molecule has 100 valence electrons. The van der Waals surface area contributed by atoms with Crippen molar-refractivity contribution in [3.63, 3.8) is 0 Å². The van der Waals surface area contributed by atoms with Crippen molar-refractivity contribution in [2.45, 2.75) is 39.2 Å². The third-order valence-corrected chi connectivity index (χ3v) is 4.36. The monoisotopic (exact) mass is 322 g/mol. The first-order valence-electron chi connectivity index (χ1n) is 6.64. The van der Waals surface area contributed by atoms with Crippen LogP contribution in [0.15, 0.2) is 22.7 Å². The molecular formula is C15H16BrFN2. The van der Waals surface area contributed by atoms with E-state index in [4.69, 9.17) is 0 Å². The summed E-state index contributed by atoms with van der Waals surface area (Å²) in [4.78, 5) is 4.66. The quantitative estimate of drug-likeness (QED) is 0.816. The van der Waals surface area contributed by atoms with Gasteiger partial charge < -0.3 is 4.57 Å². The van der Waals surface area contributed by atoms with Gasteiger partial charge in [0.25, 0.3) is 0 Å². The van der Waals surface area contributed by atoms with Crippen LogP contribution in [0.1, 0.15) is 35.6 Å². The number of fused-ring (bicyclic) bond motifs is 1. The van der Waals surface area contributed by atoms with Gasteiger partial charge in [0.15, 0.2) is 0 Å². The Kier molecular flexibility index (Phi) is 3.44. The molecule has 0 saturated carbocycles. The summed E-state index contributed by atoms with van der Waals surface area (Å²) < 4.78 is 16.1. The number of hydrogen-bond donors (Lipinski definition) is 0. The predicted octanol–water partition coefficient (Wildman–Crippen LogP) is 4.02. The number of nitrogens with zero attached hydrogens (tertiary/aromatic N) is 2. The lowest BCUT2D eigenvalue weighted by atomic mass is 10.0. The van der Waals surface area contributed by atoms with Crippen LogP contribution in [-0.4, -0.2) is 9.55 Å². The van der Waals surface area contributed by atoms with Gasteiger partial charge in [0, 0.05) is 12.2 Å². The Morgan fingerprint density at radius 1 is 1.32 bits per heavy atom. The third kappa shape index (κ3) is 2.46. The Labute approximate surface area is 120 Å². The zero-order chi connectivity index (χ0) is 13.4. The predicted molar refractivity (Wildman–Crippen MR) is 76.8 cm³/mol. The molecular weight excluding hydrogens is 307 g/mol. The Morgan fingerprint density at radius 2 is 2.11 bits per heavy atom. The first-order chi connectivity index (χ1) is 9.15. The van der Waals surface area contributed by atoms with Gasteiger partial charge in [-0.2, -0.15) is 0 Å². The molecule has 4 heteroatoms. The molecule has 0 radical (unpaired) electrons. The van der Waals surface area contributed by atoms with Crippen molar-refractivity contribution in [2.24, 2.45) is 0 Å². The Bertz CT molecular complexity index is 619. The highest BCUT2D eigenvalue weighted by molar-refractivity contribution is 9.10. The fourth-order valence-corrected chi connectivity index (χ4v) is 3.19. The molecule has 19 heavy (non-hydrogen) atoms. The average Bonchev–Trinajstić information content (AvgIpc) is 2.71.